The predicted molar refractivity (Wildman–Crippen MR) is 92.5 cm³/mol. The van der Waals surface area contributed by atoms with E-state index in [1.165, 1.54) is 0 Å². The fourth-order valence-electron chi connectivity index (χ4n) is 2.67. The van der Waals surface area contributed by atoms with Gasteiger partial charge in [-0.25, -0.2) is 4.79 Å². The number of rotatable bonds is 3. The smallest absolute Gasteiger partial charge is 0.407 e. The molecule has 0 unspecified atom stereocenters. The molecule has 0 spiro atoms. The molecule has 0 radical (unpaired) electrons. The van der Waals surface area contributed by atoms with E-state index in [1.807, 2.05) is 0 Å². The second-order valence-corrected chi connectivity index (χ2v) is 8.49. The van der Waals surface area contributed by atoms with Crippen LogP contribution in [-0.2, 0) is 15.5 Å². The van der Waals surface area contributed by atoms with E-state index in [1.54, 1.807) is 52.1 Å². The van der Waals surface area contributed by atoms with Crippen molar-refractivity contribution in [1.29, 1.82) is 0 Å². The molecule has 24 heavy (non-hydrogen) atoms. The molecule has 1 saturated heterocycles. The number of hydrogen-bond acceptors (Lipinski definition) is 5. The zero-order chi connectivity index (χ0) is 17.9. The molecule has 1 aromatic rings. The normalized spacial score (nSPS) is 27.4. The maximum atomic E-state index is 12.4. The van der Waals surface area contributed by atoms with Gasteiger partial charge in [0.1, 0.15) is 11.4 Å². The number of hydrogen-bond donors (Lipinski definition) is 2. The van der Waals surface area contributed by atoms with Gasteiger partial charge >= 0.3 is 6.09 Å². The Kier molecular flexibility index (Phi) is 5.87. The van der Waals surface area contributed by atoms with Crippen LogP contribution >= 0.6 is 0 Å². The van der Waals surface area contributed by atoms with E-state index in [0.29, 0.717) is 17.9 Å². The molecule has 1 aromatic carbocycles. The monoisotopic (exact) mass is 355 g/mol. The third kappa shape index (κ3) is 4.70. The lowest BCUT2D eigenvalue weighted by molar-refractivity contribution is 0.0407. The van der Waals surface area contributed by atoms with E-state index in [0.717, 1.165) is 5.56 Å². The first-order valence-electron chi connectivity index (χ1n) is 7.90. The summed E-state index contributed by atoms with van der Waals surface area (Å²) in [4.78, 5) is 11.9. The molecule has 1 amide bonds. The molecule has 4 atom stereocenters. The van der Waals surface area contributed by atoms with E-state index in [4.69, 9.17) is 9.47 Å². The van der Waals surface area contributed by atoms with Crippen LogP contribution in [-0.4, -0.2) is 46.0 Å². The van der Waals surface area contributed by atoms with Crippen molar-refractivity contribution in [1.82, 2.24) is 5.32 Å². The fraction of sp³-hybridized carbons (Fsp3) is 0.588. The van der Waals surface area contributed by atoms with Gasteiger partial charge in [-0.2, -0.15) is 0 Å². The zero-order valence-electron chi connectivity index (χ0n) is 14.4. The number of carbonyl (C=O) groups excluding carboxylic acids is 1. The third-order valence-corrected chi connectivity index (χ3v) is 5.54. The average molecular weight is 355 g/mol. The number of carbonyl (C=O) groups is 1. The molecule has 1 aliphatic rings. The van der Waals surface area contributed by atoms with Crippen LogP contribution in [0.1, 0.15) is 38.0 Å². The molecular weight excluding hydrogens is 330 g/mol. The summed E-state index contributed by atoms with van der Waals surface area (Å²) < 4.78 is 22.7. The van der Waals surface area contributed by atoms with Crippen molar-refractivity contribution in [3.8, 4) is 5.75 Å². The van der Waals surface area contributed by atoms with Gasteiger partial charge in [-0.1, -0.05) is 12.1 Å². The quantitative estimate of drug-likeness (QED) is 0.868. The van der Waals surface area contributed by atoms with Crippen molar-refractivity contribution < 1.29 is 23.6 Å². The average Bonchev–Trinajstić information content (AvgIpc) is 2.49. The van der Waals surface area contributed by atoms with Crippen LogP contribution in [0, 0.1) is 0 Å². The summed E-state index contributed by atoms with van der Waals surface area (Å²) in [5, 5.41) is 12.8. The summed E-state index contributed by atoms with van der Waals surface area (Å²) in [5.74, 6) is 1.10. The Morgan fingerprint density at radius 2 is 1.92 bits per heavy atom. The highest BCUT2D eigenvalue weighted by Gasteiger charge is 2.39. The second kappa shape index (κ2) is 7.53. The summed E-state index contributed by atoms with van der Waals surface area (Å²) >= 11 is 0. The molecule has 7 heteroatoms. The van der Waals surface area contributed by atoms with E-state index in [-0.39, 0.29) is 0 Å². The summed E-state index contributed by atoms with van der Waals surface area (Å²) in [7, 11) is 0.368. The number of benzene rings is 1. The Hall–Kier alpha value is -1.60. The summed E-state index contributed by atoms with van der Waals surface area (Å²) in [6, 6.07) is 6.62. The molecule has 1 fully saturated rings. The van der Waals surface area contributed by atoms with Gasteiger partial charge < -0.3 is 19.9 Å². The number of alkyl carbamates (subject to hydrolysis) is 1. The number of nitrogens with one attached hydrogen (secondary N) is 1. The molecule has 134 valence electrons. The van der Waals surface area contributed by atoms with Crippen LogP contribution in [0.2, 0.25) is 0 Å². The molecule has 0 aromatic heterocycles. The molecule has 0 saturated carbocycles. The Morgan fingerprint density at radius 3 is 2.46 bits per heavy atom. The van der Waals surface area contributed by atoms with Crippen LogP contribution in [0.15, 0.2) is 24.3 Å². The molecule has 0 bridgehead atoms. The minimum atomic E-state index is -1.21. The van der Waals surface area contributed by atoms with Gasteiger partial charge in [0.15, 0.2) is 0 Å². The van der Waals surface area contributed by atoms with E-state index >= 15 is 0 Å². The molecule has 1 heterocycles. The van der Waals surface area contributed by atoms with Crippen LogP contribution < -0.4 is 10.1 Å². The van der Waals surface area contributed by atoms with Gasteiger partial charge in [0, 0.05) is 16.6 Å². The largest absolute Gasteiger partial charge is 0.497 e. The van der Waals surface area contributed by atoms with Gasteiger partial charge in [0.05, 0.1) is 24.5 Å². The van der Waals surface area contributed by atoms with Crippen molar-refractivity contribution in [2.45, 2.75) is 50.2 Å². The summed E-state index contributed by atoms with van der Waals surface area (Å²) in [5.41, 5.74) is 0.152. The molecule has 2 N–H and O–H groups in total. The van der Waals surface area contributed by atoms with Crippen molar-refractivity contribution in [3.05, 3.63) is 29.8 Å². The Morgan fingerprint density at radius 1 is 1.29 bits per heavy atom. The minimum Gasteiger partial charge on any atom is -0.497 e. The Bertz CT molecular complexity index is 596. The number of ether oxygens (including phenoxy) is 2. The first-order valence-corrected chi connectivity index (χ1v) is 9.28. The van der Waals surface area contributed by atoms with Gasteiger partial charge in [-0.05, 0) is 44.9 Å². The maximum Gasteiger partial charge on any atom is 0.407 e. The van der Waals surface area contributed by atoms with Crippen molar-refractivity contribution >= 4 is 16.9 Å². The minimum absolute atomic E-state index is 0.411. The van der Waals surface area contributed by atoms with Crippen molar-refractivity contribution in [2.75, 3.05) is 12.9 Å². The maximum absolute atomic E-state index is 12.4. The molecular formula is C17H25NO5S. The van der Waals surface area contributed by atoms with Crippen molar-refractivity contribution in [3.63, 3.8) is 0 Å². The summed E-state index contributed by atoms with van der Waals surface area (Å²) in [6.07, 6.45) is -1.08. The fourth-order valence-corrected chi connectivity index (χ4v) is 4.37. The number of aliphatic hydroxyl groups is 1. The van der Waals surface area contributed by atoms with E-state index in [9.17, 15) is 14.1 Å². The van der Waals surface area contributed by atoms with Crippen LogP contribution in [0.4, 0.5) is 4.79 Å². The third-order valence-electron chi connectivity index (χ3n) is 3.78. The Labute approximate surface area is 145 Å². The zero-order valence-corrected chi connectivity index (χ0v) is 15.3. The molecule has 1 aliphatic heterocycles. The van der Waals surface area contributed by atoms with Crippen LogP contribution in [0.3, 0.4) is 0 Å². The standard InChI is InChI=1S/C17H25NO5S/c1-17(2,3)23-16(20)18-13-9-10-24(21)15(14(13)19)11-5-7-12(22-4)8-6-11/h5-8,13-15,19H,9-10H2,1-4H3,(H,18,20)/t13-,14-,15-,24+/m0/s1. The number of aliphatic hydroxyl groups excluding tert-OH is 1. The summed E-state index contributed by atoms with van der Waals surface area (Å²) in [6.45, 7) is 5.33. The first-order chi connectivity index (χ1) is 11.2. The van der Waals surface area contributed by atoms with Gasteiger partial charge in [0.25, 0.3) is 0 Å². The van der Waals surface area contributed by atoms with E-state index < -0.39 is 39.9 Å². The lowest BCUT2D eigenvalue weighted by Gasteiger charge is -2.35. The predicted octanol–water partition coefficient (Wildman–Crippen LogP) is 2.14. The second-order valence-electron chi connectivity index (χ2n) is 6.81. The highest BCUT2D eigenvalue weighted by Crippen LogP contribution is 2.32. The molecule has 6 nitrogen and oxygen atoms in total. The van der Waals surface area contributed by atoms with Gasteiger partial charge in [-0.15, -0.1) is 0 Å². The van der Waals surface area contributed by atoms with Crippen LogP contribution in [0.5, 0.6) is 5.75 Å². The topological polar surface area (TPSA) is 84.9 Å². The lowest BCUT2D eigenvalue weighted by atomic mass is 9.99. The molecule has 0 aliphatic carbocycles. The number of methoxy groups -OCH3 is 1. The van der Waals surface area contributed by atoms with Gasteiger partial charge in [-0.3, -0.25) is 4.21 Å². The van der Waals surface area contributed by atoms with Gasteiger partial charge in [0.2, 0.25) is 0 Å². The highest BCUT2D eigenvalue weighted by atomic mass is 32.2. The van der Waals surface area contributed by atoms with Crippen molar-refractivity contribution in [2.24, 2.45) is 0 Å². The lowest BCUT2D eigenvalue weighted by Crippen LogP contribution is -2.51. The highest BCUT2D eigenvalue weighted by molar-refractivity contribution is 7.85. The van der Waals surface area contributed by atoms with Crippen LogP contribution in [0.25, 0.3) is 0 Å². The molecule has 2 rings (SSSR count). The first kappa shape index (κ1) is 18.7. The Balaban J connectivity index is 2.11. The van der Waals surface area contributed by atoms with E-state index in [2.05, 4.69) is 5.32 Å². The SMILES string of the molecule is COc1ccc([C@H]2[C@@H](O)[C@@H](NC(=O)OC(C)(C)C)CC[S@]2=O)cc1. The number of amides is 1.